The molecule has 2 aromatic carbocycles. The van der Waals surface area contributed by atoms with Crippen molar-refractivity contribution in [3.8, 4) is 0 Å². The number of fused-ring (bicyclic) bond motifs is 1. The number of amides is 1. The van der Waals surface area contributed by atoms with Crippen molar-refractivity contribution in [3.05, 3.63) is 77.7 Å². The summed E-state index contributed by atoms with van der Waals surface area (Å²) < 4.78 is 12.9. The topological polar surface area (TPSA) is 33.2 Å². The number of pyridine rings is 1. The molecule has 110 valence electrons. The molecular formula is C18H15FN2O. The lowest BCUT2D eigenvalue weighted by molar-refractivity contribution is 0.0787. The van der Waals surface area contributed by atoms with E-state index in [9.17, 15) is 9.18 Å². The van der Waals surface area contributed by atoms with E-state index in [1.165, 1.54) is 12.1 Å². The summed E-state index contributed by atoms with van der Waals surface area (Å²) in [6.07, 6.45) is 1.64. The zero-order valence-corrected chi connectivity index (χ0v) is 12.2. The average molecular weight is 294 g/mol. The van der Waals surface area contributed by atoms with Gasteiger partial charge in [0.15, 0.2) is 0 Å². The van der Waals surface area contributed by atoms with E-state index < -0.39 is 0 Å². The lowest BCUT2D eigenvalue weighted by Crippen LogP contribution is -2.26. The second-order valence-corrected chi connectivity index (χ2v) is 5.16. The van der Waals surface area contributed by atoms with Crippen LogP contribution in [0.25, 0.3) is 10.9 Å². The number of rotatable bonds is 3. The van der Waals surface area contributed by atoms with Crippen LogP contribution in [0.1, 0.15) is 15.9 Å². The highest BCUT2D eigenvalue weighted by Crippen LogP contribution is 2.18. The molecule has 3 rings (SSSR count). The molecule has 0 fully saturated rings. The van der Waals surface area contributed by atoms with Crippen molar-refractivity contribution in [2.75, 3.05) is 7.05 Å². The van der Waals surface area contributed by atoms with Crippen molar-refractivity contribution >= 4 is 16.8 Å². The maximum Gasteiger partial charge on any atom is 0.254 e. The van der Waals surface area contributed by atoms with Gasteiger partial charge >= 0.3 is 0 Å². The Labute approximate surface area is 128 Å². The fourth-order valence-electron chi connectivity index (χ4n) is 2.42. The fourth-order valence-corrected chi connectivity index (χ4v) is 2.42. The van der Waals surface area contributed by atoms with Gasteiger partial charge in [-0.3, -0.25) is 9.78 Å². The monoisotopic (exact) mass is 294 g/mol. The molecule has 0 N–H and O–H groups in total. The van der Waals surface area contributed by atoms with Crippen LogP contribution in [-0.2, 0) is 6.54 Å². The summed E-state index contributed by atoms with van der Waals surface area (Å²) in [5.74, 6) is -0.360. The molecule has 0 saturated carbocycles. The smallest absolute Gasteiger partial charge is 0.254 e. The molecule has 0 aliphatic rings. The van der Waals surface area contributed by atoms with E-state index in [4.69, 9.17) is 0 Å². The molecule has 1 aromatic heterocycles. The third-order valence-electron chi connectivity index (χ3n) is 3.56. The van der Waals surface area contributed by atoms with Crippen molar-refractivity contribution < 1.29 is 9.18 Å². The molecule has 22 heavy (non-hydrogen) atoms. The van der Waals surface area contributed by atoms with E-state index in [0.717, 1.165) is 16.5 Å². The highest BCUT2D eigenvalue weighted by Gasteiger charge is 2.15. The molecule has 0 radical (unpaired) electrons. The average Bonchev–Trinajstić information content (AvgIpc) is 2.55. The van der Waals surface area contributed by atoms with Crippen molar-refractivity contribution in [1.82, 2.24) is 9.88 Å². The first-order chi connectivity index (χ1) is 10.6. The Hall–Kier alpha value is -2.75. The summed E-state index contributed by atoms with van der Waals surface area (Å²) >= 11 is 0. The molecule has 1 amide bonds. The second-order valence-electron chi connectivity index (χ2n) is 5.16. The molecular weight excluding hydrogens is 279 g/mol. The molecule has 1 heterocycles. The zero-order valence-electron chi connectivity index (χ0n) is 12.2. The van der Waals surface area contributed by atoms with E-state index in [0.29, 0.717) is 12.1 Å². The minimum atomic E-state index is -0.280. The number of nitrogens with zero attached hydrogens (tertiary/aromatic N) is 2. The van der Waals surface area contributed by atoms with E-state index >= 15 is 0 Å². The van der Waals surface area contributed by atoms with Crippen molar-refractivity contribution in [1.29, 1.82) is 0 Å². The number of carbonyl (C=O) groups is 1. The largest absolute Gasteiger partial charge is 0.337 e. The van der Waals surface area contributed by atoms with Gasteiger partial charge in [0.2, 0.25) is 0 Å². The summed E-state index contributed by atoms with van der Waals surface area (Å²) in [6, 6.07) is 15.4. The number of para-hydroxylation sites is 1. The van der Waals surface area contributed by atoms with E-state index in [-0.39, 0.29) is 11.7 Å². The van der Waals surface area contributed by atoms with Gasteiger partial charge in [0.1, 0.15) is 5.82 Å². The Morgan fingerprint density at radius 2 is 1.82 bits per heavy atom. The zero-order chi connectivity index (χ0) is 15.5. The predicted octanol–water partition coefficient (Wildman–Crippen LogP) is 3.65. The molecule has 0 aliphatic carbocycles. The Bertz CT molecular complexity index is 809. The first kappa shape index (κ1) is 14.2. The normalized spacial score (nSPS) is 10.6. The van der Waals surface area contributed by atoms with Crippen LogP contribution in [0.2, 0.25) is 0 Å². The van der Waals surface area contributed by atoms with Crippen LogP contribution >= 0.6 is 0 Å². The highest BCUT2D eigenvalue weighted by molar-refractivity contribution is 6.05. The maximum atomic E-state index is 12.9. The van der Waals surface area contributed by atoms with Gasteiger partial charge in [0, 0.05) is 25.2 Å². The standard InChI is InChI=1S/C18H15FN2O/c1-21(12-13-6-8-14(19)9-7-13)18(22)16-10-11-20-17-5-3-2-4-15(16)17/h2-11H,12H2,1H3. The fraction of sp³-hybridized carbons (Fsp3) is 0.111. The summed E-state index contributed by atoms with van der Waals surface area (Å²) in [7, 11) is 1.74. The van der Waals surface area contributed by atoms with Gasteiger partial charge in [0.05, 0.1) is 11.1 Å². The van der Waals surface area contributed by atoms with Gasteiger partial charge in [-0.25, -0.2) is 4.39 Å². The molecule has 3 aromatic rings. The Balaban J connectivity index is 1.87. The van der Waals surface area contributed by atoms with Gasteiger partial charge < -0.3 is 4.90 Å². The molecule has 0 bridgehead atoms. The minimum absolute atomic E-state index is 0.0806. The number of carbonyl (C=O) groups excluding carboxylic acids is 1. The Kier molecular flexibility index (Phi) is 3.83. The van der Waals surface area contributed by atoms with Crippen LogP contribution in [0.15, 0.2) is 60.8 Å². The van der Waals surface area contributed by atoms with E-state index in [1.54, 1.807) is 36.3 Å². The van der Waals surface area contributed by atoms with Crippen LogP contribution in [0.3, 0.4) is 0 Å². The quantitative estimate of drug-likeness (QED) is 0.739. The second kappa shape index (κ2) is 5.93. The summed E-state index contributed by atoms with van der Waals surface area (Å²) in [5.41, 5.74) is 2.30. The molecule has 0 atom stereocenters. The number of hydrogen-bond donors (Lipinski definition) is 0. The minimum Gasteiger partial charge on any atom is -0.337 e. The summed E-state index contributed by atoms with van der Waals surface area (Å²) in [6.45, 7) is 0.426. The van der Waals surface area contributed by atoms with Gasteiger partial charge in [-0.15, -0.1) is 0 Å². The Morgan fingerprint density at radius 1 is 1.09 bits per heavy atom. The first-order valence-electron chi connectivity index (χ1n) is 6.99. The third-order valence-corrected chi connectivity index (χ3v) is 3.56. The number of benzene rings is 2. The van der Waals surface area contributed by atoms with Crippen molar-refractivity contribution in [2.45, 2.75) is 6.54 Å². The molecule has 0 spiro atoms. The van der Waals surface area contributed by atoms with Crippen LogP contribution in [0.4, 0.5) is 4.39 Å². The number of halogens is 1. The summed E-state index contributed by atoms with van der Waals surface area (Å²) in [5, 5.41) is 0.834. The summed E-state index contributed by atoms with van der Waals surface area (Å²) in [4.78, 5) is 18.5. The predicted molar refractivity (Wildman–Crippen MR) is 83.9 cm³/mol. The lowest BCUT2D eigenvalue weighted by atomic mass is 10.1. The lowest BCUT2D eigenvalue weighted by Gasteiger charge is -2.18. The van der Waals surface area contributed by atoms with Crippen molar-refractivity contribution in [2.24, 2.45) is 0 Å². The van der Waals surface area contributed by atoms with E-state index in [2.05, 4.69) is 4.98 Å². The molecule has 0 saturated heterocycles. The van der Waals surface area contributed by atoms with Crippen LogP contribution < -0.4 is 0 Å². The molecule has 4 heteroatoms. The van der Waals surface area contributed by atoms with E-state index in [1.807, 2.05) is 24.3 Å². The van der Waals surface area contributed by atoms with Crippen LogP contribution in [0.5, 0.6) is 0 Å². The SMILES string of the molecule is CN(Cc1ccc(F)cc1)C(=O)c1ccnc2ccccc12. The van der Waals surface area contributed by atoms with Crippen molar-refractivity contribution in [3.63, 3.8) is 0 Å². The van der Waals surface area contributed by atoms with Crippen LogP contribution in [-0.4, -0.2) is 22.8 Å². The first-order valence-corrected chi connectivity index (χ1v) is 6.99. The van der Waals surface area contributed by atoms with Gasteiger partial charge in [-0.1, -0.05) is 30.3 Å². The highest BCUT2D eigenvalue weighted by atomic mass is 19.1. The van der Waals surface area contributed by atoms with Gasteiger partial charge in [0.25, 0.3) is 5.91 Å². The molecule has 3 nitrogen and oxygen atoms in total. The van der Waals surface area contributed by atoms with Gasteiger partial charge in [-0.2, -0.15) is 0 Å². The van der Waals surface area contributed by atoms with Gasteiger partial charge in [-0.05, 0) is 29.8 Å². The third kappa shape index (κ3) is 2.81. The molecule has 0 unspecified atom stereocenters. The number of aromatic nitrogens is 1. The number of hydrogen-bond acceptors (Lipinski definition) is 2. The van der Waals surface area contributed by atoms with Crippen LogP contribution in [0, 0.1) is 5.82 Å². The maximum absolute atomic E-state index is 12.9. The Morgan fingerprint density at radius 3 is 2.59 bits per heavy atom. The molecule has 0 aliphatic heterocycles.